The van der Waals surface area contributed by atoms with E-state index in [0.29, 0.717) is 3.63 Å². The van der Waals surface area contributed by atoms with Gasteiger partial charge in [-0.3, -0.25) is 0 Å². The van der Waals surface area contributed by atoms with Crippen LogP contribution in [0.1, 0.15) is 57.1 Å². The van der Waals surface area contributed by atoms with Crippen molar-refractivity contribution in [3.63, 3.8) is 0 Å². The third-order valence-electron chi connectivity index (χ3n) is 9.81. The number of hydrogen-bond acceptors (Lipinski definition) is 0. The second-order valence-electron chi connectivity index (χ2n) is 12.4. The second kappa shape index (κ2) is 14.5. The molecule has 0 saturated heterocycles. The first-order valence-electron chi connectivity index (χ1n) is 16.2. The van der Waals surface area contributed by atoms with Gasteiger partial charge in [0.25, 0.3) is 0 Å². The van der Waals surface area contributed by atoms with E-state index in [1.54, 1.807) is 46.6 Å². The molecule has 0 amide bonds. The van der Waals surface area contributed by atoms with E-state index in [4.69, 9.17) is 0 Å². The Bertz CT molecular complexity index is 2000. The fraction of sp³-hybridized carbons (Fsp3) is 0.116. The van der Waals surface area contributed by atoms with Crippen molar-refractivity contribution in [1.29, 1.82) is 0 Å². The van der Waals surface area contributed by atoms with Gasteiger partial charge in [-0.05, 0) is 0 Å². The maximum Gasteiger partial charge on any atom is -1.00 e. The predicted octanol–water partition coefficient (Wildman–Crippen LogP) is 2.56. The second-order valence-corrected chi connectivity index (χ2v) is 16.6. The fourth-order valence-electron chi connectivity index (χ4n) is 7.94. The van der Waals surface area contributed by atoms with Crippen molar-refractivity contribution in [2.24, 2.45) is 0 Å². The van der Waals surface area contributed by atoms with Crippen LogP contribution in [0.25, 0.3) is 28.3 Å². The summed E-state index contributed by atoms with van der Waals surface area (Å²) in [5.41, 5.74) is 14.7. The Morgan fingerprint density at radius 2 is 1.13 bits per heavy atom. The number of allylic oxidation sites excluding steroid dienone is 1. The van der Waals surface area contributed by atoms with Crippen LogP contribution in [-0.2, 0) is 24.7 Å². The first-order chi connectivity index (χ1) is 22.2. The van der Waals surface area contributed by atoms with E-state index < -0.39 is 8.80 Å². The standard InChI is InChI=1S/C43H35Si.2ClH.Zr/c1-2-15-32-29-39-35(30-16-6-3-7-17-30)24-14-25-38(39)42(32)43-40-28-31-18-12-13-23-36(31)37(40)26-27-41(43)44(33-19-8-4-9-20-33)34-21-10-5-11-22-34;;;/h3-14,16-29,42,44H,2,15H2,1H3;2*1H;/q;;;+2/p-2. The molecule has 2 atom stereocenters. The Morgan fingerprint density at radius 3 is 1.79 bits per heavy atom. The molecule has 8 rings (SSSR count). The number of fused-ring (bicyclic) bond motifs is 4. The van der Waals surface area contributed by atoms with Crippen molar-refractivity contribution < 1.29 is 49.5 Å². The van der Waals surface area contributed by atoms with E-state index in [1.165, 1.54) is 49.3 Å². The largest absolute Gasteiger partial charge is 1.00 e. The first kappa shape index (κ1) is 33.6. The van der Waals surface area contributed by atoms with Gasteiger partial charge in [0.15, 0.2) is 0 Å². The van der Waals surface area contributed by atoms with Crippen LogP contribution in [-0.4, -0.2) is 8.80 Å². The molecule has 0 aromatic heterocycles. The Labute approximate surface area is 308 Å². The van der Waals surface area contributed by atoms with Crippen molar-refractivity contribution in [3.05, 3.63) is 179 Å². The summed E-state index contributed by atoms with van der Waals surface area (Å²) in [5, 5.41) is 4.55. The van der Waals surface area contributed by atoms with Crippen molar-refractivity contribution >= 4 is 30.4 Å². The van der Waals surface area contributed by atoms with Gasteiger partial charge in [-0.1, -0.05) is 0 Å². The zero-order valence-electron chi connectivity index (χ0n) is 26.3. The van der Waals surface area contributed by atoms with E-state index in [2.05, 4.69) is 159 Å². The van der Waals surface area contributed by atoms with E-state index in [0.717, 1.165) is 12.8 Å². The summed E-state index contributed by atoms with van der Waals surface area (Å²) in [6.45, 7) is 2.34. The Morgan fingerprint density at radius 1 is 0.553 bits per heavy atom. The molecule has 0 radical (unpaired) electrons. The summed E-state index contributed by atoms with van der Waals surface area (Å²) in [6.07, 6.45) is 4.81. The summed E-state index contributed by atoms with van der Waals surface area (Å²) in [5.74, 6) is 0.258. The van der Waals surface area contributed by atoms with Gasteiger partial charge in [0.1, 0.15) is 0 Å². The molecule has 0 nitrogen and oxygen atoms in total. The van der Waals surface area contributed by atoms with Crippen molar-refractivity contribution in [1.82, 2.24) is 0 Å². The Kier molecular flexibility index (Phi) is 10.4. The molecule has 0 heterocycles. The summed E-state index contributed by atoms with van der Waals surface area (Å²) < 4.78 is 0.434. The third kappa shape index (κ3) is 5.89. The molecular weight excluding hydrogens is 707 g/mol. The van der Waals surface area contributed by atoms with Gasteiger partial charge in [-0.2, -0.15) is 0 Å². The van der Waals surface area contributed by atoms with Crippen molar-refractivity contribution in [3.8, 4) is 22.3 Å². The molecule has 229 valence electrons. The van der Waals surface area contributed by atoms with Crippen LogP contribution in [0.4, 0.5) is 0 Å². The zero-order chi connectivity index (χ0) is 30.3. The van der Waals surface area contributed by atoms with Crippen LogP contribution in [0.3, 0.4) is 0 Å². The maximum atomic E-state index is 2.57. The van der Waals surface area contributed by atoms with Crippen molar-refractivity contribution in [2.75, 3.05) is 0 Å². The maximum absolute atomic E-state index is 2.57. The molecule has 0 spiro atoms. The Balaban J connectivity index is 0.00000193. The number of rotatable bonds is 7. The van der Waals surface area contributed by atoms with Crippen LogP contribution >= 0.6 is 0 Å². The predicted molar refractivity (Wildman–Crippen MR) is 189 cm³/mol. The summed E-state index contributed by atoms with van der Waals surface area (Å²) >= 11 is 1.56. The molecule has 0 saturated carbocycles. The average Bonchev–Trinajstić information content (AvgIpc) is 3.61. The minimum atomic E-state index is -1.81. The third-order valence-corrected chi connectivity index (χ3v) is 14.5. The van der Waals surface area contributed by atoms with Crippen LogP contribution in [0.5, 0.6) is 0 Å². The molecule has 2 aliphatic carbocycles. The molecule has 0 bridgehead atoms. The van der Waals surface area contributed by atoms with Crippen molar-refractivity contribution in [2.45, 2.75) is 29.3 Å². The quantitative estimate of drug-likeness (QED) is 0.175. The van der Waals surface area contributed by atoms with Gasteiger partial charge >= 0.3 is 286 Å². The van der Waals surface area contributed by atoms with Gasteiger partial charge in [0.2, 0.25) is 0 Å². The number of hydrogen-bond donors (Lipinski definition) is 0. The van der Waals surface area contributed by atoms with E-state index in [1.807, 2.05) is 0 Å². The van der Waals surface area contributed by atoms with E-state index in [9.17, 15) is 0 Å². The minimum absolute atomic E-state index is 0. The topological polar surface area (TPSA) is 0 Å². The van der Waals surface area contributed by atoms with Gasteiger partial charge < -0.3 is 24.8 Å². The van der Waals surface area contributed by atoms with E-state index >= 15 is 0 Å². The monoisotopic (exact) mass is 739 g/mol. The summed E-state index contributed by atoms with van der Waals surface area (Å²) in [7, 11) is -1.81. The van der Waals surface area contributed by atoms with Gasteiger partial charge in [0, 0.05) is 0 Å². The van der Waals surface area contributed by atoms with E-state index in [-0.39, 0.29) is 30.7 Å². The van der Waals surface area contributed by atoms with Gasteiger partial charge in [0.05, 0.1) is 0 Å². The first-order valence-corrected chi connectivity index (χ1v) is 19.4. The molecule has 0 fully saturated rings. The Hall–Kier alpha value is -3.26. The molecule has 6 aromatic carbocycles. The number of benzene rings is 6. The van der Waals surface area contributed by atoms with Gasteiger partial charge in [-0.25, -0.2) is 0 Å². The minimum Gasteiger partial charge on any atom is -1.00 e. The molecule has 6 aromatic rings. The molecular formula is C43H35Cl2SiZr. The average molecular weight is 742 g/mol. The van der Waals surface area contributed by atoms with Crippen LogP contribution in [0.15, 0.2) is 151 Å². The molecule has 4 heteroatoms. The summed E-state index contributed by atoms with van der Waals surface area (Å²) in [4.78, 5) is 0. The fourth-order valence-corrected chi connectivity index (χ4v) is 12.6. The molecule has 2 unspecified atom stereocenters. The normalized spacial score (nSPS) is 15.6. The molecule has 0 N–H and O–H groups in total. The molecule has 0 aliphatic heterocycles. The molecule has 47 heavy (non-hydrogen) atoms. The van der Waals surface area contributed by atoms with Crippen LogP contribution in [0, 0.1) is 0 Å². The SMILES string of the molecule is CCCC1=Cc2c(-c3ccccc3)cccc2C1c1c([SiH](c2ccccc2)c2ccccc2)ccc2c1[CH]([Zr+2])c1ccccc1-2.[Cl-].[Cl-]. The zero-order valence-corrected chi connectivity index (χ0v) is 31.5. The number of halogens is 2. The molecule has 2 aliphatic rings. The van der Waals surface area contributed by atoms with Crippen LogP contribution < -0.4 is 40.4 Å². The van der Waals surface area contributed by atoms with Gasteiger partial charge in [-0.15, -0.1) is 0 Å². The smallest absolute Gasteiger partial charge is 1.00 e. The van der Waals surface area contributed by atoms with Crippen LogP contribution in [0.2, 0.25) is 0 Å². The summed E-state index contributed by atoms with van der Waals surface area (Å²) in [6, 6.07) is 55.0.